The Morgan fingerprint density at radius 1 is 1.00 bits per heavy atom. The summed E-state index contributed by atoms with van der Waals surface area (Å²) in [7, 11) is 0. The highest BCUT2D eigenvalue weighted by atomic mass is 16.7. The maximum Gasteiger partial charge on any atom is 0.169 e. The van der Waals surface area contributed by atoms with E-state index in [4.69, 9.17) is 9.47 Å². The molecule has 78 valence electrons. The van der Waals surface area contributed by atoms with Crippen LogP contribution in [-0.2, 0) is 19.1 Å². The van der Waals surface area contributed by atoms with Gasteiger partial charge in [-0.3, -0.25) is 0 Å². The number of hydrogen-bond donors (Lipinski definition) is 0. The summed E-state index contributed by atoms with van der Waals surface area (Å²) in [5.74, 6) is -0.843. The van der Waals surface area contributed by atoms with Gasteiger partial charge in [-0.2, -0.15) is 0 Å². The second kappa shape index (κ2) is 3.79. The van der Waals surface area contributed by atoms with Crippen molar-refractivity contribution in [2.45, 2.75) is 25.0 Å². The summed E-state index contributed by atoms with van der Waals surface area (Å²) in [4.78, 5) is 21.5. The van der Waals surface area contributed by atoms with E-state index in [1.54, 1.807) is 0 Å². The molecule has 2 atom stereocenters. The van der Waals surface area contributed by atoms with Gasteiger partial charge in [-0.25, -0.2) is 0 Å². The lowest BCUT2D eigenvalue weighted by Gasteiger charge is -2.36. The van der Waals surface area contributed by atoms with Crippen molar-refractivity contribution in [3.63, 3.8) is 0 Å². The highest BCUT2D eigenvalue weighted by molar-refractivity contribution is 5.59. The molecule has 1 spiro atoms. The first kappa shape index (κ1) is 9.80. The Morgan fingerprint density at radius 2 is 1.50 bits per heavy atom. The predicted molar refractivity (Wildman–Crippen MR) is 47.6 cm³/mol. The number of carbonyl (C=O) groups is 2. The molecule has 1 saturated heterocycles. The third-order valence-corrected chi connectivity index (χ3v) is 2.95. The summed E-state index contributed by atoms with van der Waals surface area (Å²) in [6, 6.07) is 0. The Labute approximate surface area is 82.6 Å². The van der Waals surface area contributed by atoms with Crippen LogP contribution in [0.25, 0.3) is 0 Å². The molecule has 0 N–H and O–H groups in total. The highest BCUT2D eigenvalue weighted by Gasteiger charge is 2.44. The first-order valence-electron chi connectivity index (χ1n) is 4.96. The van der Waals surface area contributed by atoms with E-state index in [-0.39, 0.29) is 11.8 Å². The molecule has 0 radical (unpaired) electrons. The molecule has 1 aliphatic carbocycles. The number of ether oxygens (including phenoxy) is 2. The van der Waals surface area contributed by atoms with Gasteiger partial charge in [0.1, 0.15) is 12.6 Å². The largest absolute Gasteiger partial charge is 0.347 e. The zero-order valence-electron chi connectivity index (χ0n) is 7.98. The lowest BCUT2D eigenvalue weighted by molar-refractivity contribution is -0.195. The maximum atomic E-state index is 10.7. The Hall–Kier alpha value is -0.740. The van der Waals surface area contributed by atoms with Gasteiger partial charge in [0.15, 0.2) is 5.79 Å². The fraction of sp³-hybridized carbons (Fsp3) is 0.800. The molecule has 1 aliphatic heterocycles. The van der Waals surface area contributed by atoms with Gasteiger partial charge >= 0.3 is 0 Å². The first-order chi connectivity index (χ1) is 6.78. The standard InChI is InChI=1S/C10H14O4/c11-6-8-3-9(7-12)5-10(4-8)13-1-2-14-10/h6-9H,1-5H2. The van der Waals surface area contributed by atoms with Gasteiger partial charge in [-0.15, -0.1) is 0 Å². The summed E-state index contributed by atoms with van der Waals surface area (Å²) in [5, 5.41) is 0. The second-order valence-electron chi connectivity index (χ2n) is 4.04. The minimum absolute atomic E-state index is 0.1000. The average Bonchev–Trinajstić information content (AvgIpc) is 2.65. The molecule has 2 aliphatic rings. The molecule has 4 nitrogen and oxygen atoms in total. The molecular formula is C10H14O4. The van der Waals surface area contributed by atoms with Crippen molar-refractivity contribution in [2.24, 2.45) is 11.8 Å². The van der Waals surface area contributed by atoms with Crippen LogP contribution in [0.1, 0.15) is 19.3 Å². The fourth-order valence-corrected chi connectivity index (χ4v) is 2.38. The Kier molecular flexibility index (Phi) is 2.65. The summed E-state index contributed by atoms with van der Waals surface area (Å²) >= 11 is 0. The van der Waals surface area contributed by atoms with Crippen LogP contribution in [0.2, 0.25) is 0 Å². The molecule has 0 aromatic carbocycles. The van der Waals surface area contributed by atoms with Gasteiger partial charge in [-0.1, -0.05) is 0 Å². The Morgan fingerprint density at radius 3 is 1.93 bits per heavy atom. The Balaban J connectivity index is 2.10. The molecule has 2 unspecified atom stereocenters. The van der Waals surface area contributed by atoms with Crippen molar-refractivity contribution in [1.29, 1.82) is 0 Å². The minimum atomic E-state index is -0.643. The van der Waals surface area contributed by atoms with Crippen LogP contribution >= 0.6 is 0 Å². The monoisotopic (exact) mass is 198 g/mol. The van der Waals surface area contributed by atoms with E-state index in [0.717, 1.165) is 12.6 Å². The van der Waals surface area contributed by atoms with E-state index >= 15 is 0 Å². The van der Waals surface area contributed by atoms with Crippen molar-refractivity contribution in [2.75, 3.05) is 13.2 Å². The molecule has 0 aromatic rings. The number of rotatable bonds is 2. The van der Waals surface area contributed by atoms with Gasteiger partial charge < -0.3 is 19.1 Å². The van der Waals surface area contributed by atoms with Crippen LogP contribution in [0.5, 0.6) is 0 Å². The highest BCUT2D eigenvalue weighted by Crippen LogP contribution is 2.40. The van der Waals surface area contributed by atoms with E-state index in [2.05, 4.69) is 0 Å². The van der Waals surface area contributed by atoms with Crippen LogP contribution in [0.3, 0.4) is 0 Å². The van der Waals surface area contributed by atoms with Crippen molar-refractivity contribution >= 4 is 12.6 Å². The molecular weight excluding hydrogens is 184 g/mol. The first-order valence-corrected chi connectivity index (χ1v) is 4.96. The minimum Gasteiger partial charge on any atom is -0.347 e. The summed E-state index contributed by atoms with van der Waals surface area (Å²) in [6.45, 7) is 1.13. The average molecular weight is 198 g/mol. The molecule has 2 rings (SSSR count). The molecule has 14 heavy (non-hydrogen) atoms. The zero-order chi connectivity index (χ0) is 10.0. The molecule has 2 fully saturated rings. The molecule has 4 heteroatoms. The Bertz CT molecular complexity index is 214. The molecule has 1 heterocycles. The molecule has 1 saturated carbocycles. The summed E-state index contributed by atoms with van der Waals surface area (Å²) in [6.07, 6.45) is 3.65. The SMILES string of the molecule is O=CC1CC(C=O)CC2(C1)OCCO2. The van der Waals surface area contributed by atoms with E-state index < -0.39 is 5.79 Å². The van der Waals surface area contributed by atoms with Gasteiger partial charge in [0.05, 0.1) is 13.2 Å². The topological polar surface area (TPSA) is 52.6 Å². The van der Waals surface area contributed by atoms with Gasteiger partial charge in [-0.05, 0) is 6.42 Å². The van der Waals surface area contributed by atoms with Gasteiger partial charge in [0.2, 0.25) is 0 Å². The van der Waals surface area contributed by atoms with E-state index in [9.17, 15) is 9.59 Å². The maximum absolute atomic E-state index is 10.7. The van der Waals surface area contributed by atoms with Crippen LogP contribution in [0, 0.1) is 11.8 Å². The molecule has 0 amide bonds. The fourth-order valence-electron chi connectivity index (χ4n) is 2.38. The van der Waals surface area contributed by atoms with E-state index in [0.29, 0.717) is 32.5 Å². The van der Waals surface area contributed by atoms with Crippen molar-refractivity contribution < 1.29 is 19.1 Å². The van der Waals surface area contributed by atoms with Crippen LogP contribution in [0.4, 0.5) is 0 Å². The van der Waals surface area contributed by atoms with Crippen LogP contribution < -0.4 is 0 Å². The van der Waals surface area contributed by atoms with E-state index in [1.165, 1.54) is 0 Å². The van der Waals surface area contributed by atoms with Crippen LogP contribution in [0.15, 0.2) is 0 Å². The normalized spacial score (nSPS) is 35.7. The van der Waals surface area contributed by atoms with Crippen molar-refractivity contribution in [3.8, 4) is 0 Å². The lowest BCUT2D eigenvalue weighted by Crippen LogP contribution is -2.41. The second-order valence-corrected chi connectivity index (χ2v) is 4.04. The van der Waals surface area contributed by atoms with Gasteiger partial charge in [0, 0.05) is 24.7 Å². The lowest BCUT2D eigenvalue weighted by atomic mass is 9.79. The number of hydrogen-bond acceptors (Lipinski definition) is 4. The smallest absolute Gasteiger partial charge is 0.169 e. The number of carbonyl (C=O) groups excluding carboxylic acids is 2. The molecule has 0 aromatic heterocycles. The third kappa shape index (κ3) is 1.72. The predicted octanol–water partition coefficient (Wildman–Crippen LogP) is 0.544. The third-order valence-electron chi connectivity index (χ3n) is 2.95. The summed E-state index contributed by atoms with van der Waals surface area (Å²) in [5.41, 5.74) is 0. The van der Waals surface area contributed by atoms with Gasteiger partial charge in [0.25, 0.3) is 0 Å². The quantitative estimate of drug-likeness (QED) is 0.608. The zero-order valence-corrected chi connectivity index (χ0v) is 7.98. The molecule has 0 bridgehead atoms. The summed E-state index contributed by atoms with van der Waals surface area (Å²) < 4.78 is 11.0. The van der Waals surface area contributed by atoms with Crippen molar-refractivity contribution in [3.05, 3.63) is 0 Å². The van der Waals surface area contributed by atoms with E-state index in [1.807, 2.05) is 0 Å². The van der Waals surface area contributed by atoms with Crippen LogP contribution in [-0.4, -0.2) is 31.6 Å². The van der Waals surface area contributed by atoms with Crippen molar-refractivity contribution in [1.82, 2.24) is 0 Å². The number of aldehydes is 2.